The molecule has 0 amide bonds. The minimum Gasteiger partial charge on any atom is -0.506 e. The number of aromatic hydroxyl groups is 2. The maximum absolute atomic E-state index is 14.4. The van der Waals surface area contributed by atoms with Crippen molar-refractivity contribution in [1.29, 1.82) is 0 Å². The maximum Gasteiger partial charge on any atom is 0.304 e. The third-order valence-corrected chi connectivity index (χ3v) is 4.89. The van der Waals surface area contributed by atoms with Crippen LogP contribution in [0, 0.1) is 12.7 Å². The van der Waals surface area contributed by atoms with Gasteiger partial charge in [0.1, 0.15) is 17.7 Å². The van der Waals surface area contributed by atoms with Crippen molar-refractivity contribution in [3.8, 4) is 11.6 Å². The number of β-amino-alcohol motifs (C(OH)–C–C–N with tert-alkyl or cyclic N) is 1. The second-order valence-electron chi connectivity index (χ2n) is 5.32. The summed E-state index contributed by atoms with van der Waals surface area (Å²) in [5.74, 6) is -2.01. The van der Waals surface area contributed by atoms with Crippen molar-refractivity contribution in [3.63, 3.8) is 0 Å². The summed E-state index contributed by atoms with van der Waals surface area (Å²) in [5.41, 5.74) is -0.116. The van der Waals surface area contributed by atoms with Crippen LogP contribution in [-0.2, 0) is 10.2 Å². The first kappa shape index (κ1) is 17.1. The number of nitrogens with zero attached hydrogens (tertiary/aromatic N) is 3. The Balaban J connectivity index is 1.94. The average Bonchev–Trinajstić information content (AvgIpc) is 2.75. The molecule has 2 aromatic rings. The van der Waals surface area contributed by atoms with Crippen LogP contribution in [0.25, 0.3) is 0 Å². The van der Waals surface area contributed by atoms with E-state index in [1.807, 2.05) is 4.72 Å². The van der Waals surface area contributed by atoms with Crippen LogP contribution < -0.4 is 14.3 Å². The summed E-state index contributed by atoms with van der Waals surface area (Å²) in [6.07, 6.45) is -0.0652. The first-order valence-electron chi connectivity index (χ1n) is 6.97. The summed E-state index contributed by atoms with van der Waals surface area (Å²) in [6.45, 7) is 1.15. The third kappa shape index (κ3) is 3.26. The topological polar surface area (TPSA) is 148 Å². The van der Waals surface area contributed by atoms with Gasteiger partial charge < -0.3 is 20.6 Å². The molecule has 1 fully saturated rings. The van der Waals surface area contributed by atoms with Crippen LogP contribution in [0.15, 0.2) is 18.3 Å². The number of benzene rings is 1. The van der Waals surface area contributed by atoms with Crippen LogP contribution in [0.4, 0.5) is 21.7 Å². The van der Waals surface area contributed by atoms with Gasteiger partial charge in [-0.1, -0.05) is 0 Å². The average molecular weight is 371 g/mol. The van der Waals surface area contributed by atoms with E-state index >= 15 is 0 Å². The number of anilines is 3. The zero-order valence-corrected chi connectivity index (χ0v) is 13.6. The highest BCUT2D eigenvalue weighted by molar-refractivity contribution is 7.91. The van der Waals surface area contributed by atoms with Crippen molar-refractivity contribution in [1.82, 2.24) is 14.7 Å². The molecule has 25 heavy (non-hydrogen) atoms. The lowest BCUT2D eigenvalue weighted by atomic mass is 10.2. The zero-order chi connectivity index (χ0) is 18.4. The largest absolute Gasteiger partial charge is 0.506 e. The number of aromatic nitrogens is 2. The van der Waals surface area contributed by atoms with Gasteiger partial charge in [-0.25, -0.2) is 13.7 Å². The molecule has 0 spiro atoms. The van der Waals surface area contributed by atoms with Crippen molar-refractivity contribution in [2.45, 2.75) is 13.2 Å². The Morgan fingerprint density at radius 2 is 2.12 bits per heavy atom. The highest BCUT2D eigenvalue weighted by Crippen LogP contribution is 2.37. The van der Waals surface area contributed by atoms with E-state index in [1.165, 1.54) is 6.20 Å². The summed E-state index contributed by atoms with van der Waals surface area (Å²) in [6, 6.07) is 1.99. The molecule has 0 radical (unpaired) electrons. The molecule has 12 heteroatoms. The monoisotopic (exact) mass is 371 g/mol. The number of nitrogens with one attached hydrogen (secondary N) is 2. The molecule has 1 saturated heterocycles. The van der Waals surface area contributed by atoms with E-state index in [4.69, 9.17) is 0 Å². The van der Waals surface area contributed by atoms with E-state index in [2.05, 4.69) is 15.3 Å². The predicted molar refractivity (Wildman–Crippen MR) is 85.2 cm³/mol. The normalized spacial score (nSPS) is 19.2. The van der Waals surface area contributed by atoms with Gasteiger partial charge in [-0.15, -0.1) is 0 Å². The van der Waals surface area contributed by atoms with Crippen LogP contribution in [0.1, 0.15) is 5.56 Å². The van der Waals surface area contributed by atoms with E-state index in [0.717, 1.165) is 12.1 Å². The second kappa shape index (κ2) is 5.98. The second-order valence-corrected chi connectivity index (χ2v) is 6.95. The Hall–Kier alpha value is -2.70. The number of hydrogen-bond donors (Lipinski definition) is 5. The molecule has 1 aromatic heterocycles. The molecule has 0 saturated carbocycles. The van der Waals surface area contributed by atoms with E-state index in [0.29, 0.717) is 9.87 Å². The molecule has 1 atom stereocenters. The number of rotatable bonds is 3. The van der Waals surface area contributed by atoms with E-state index in [-0.39, 0.29) is 17.5 Å². The highest BCUT2D eigenvalue weighted by Gasteiger charge is 2.37. The highest BCUT2D eigenvalue weighted by atomic mass is 32.2. The smallest absolute Gasteiger partial charge is 0.304 e. The lowest BCUT2D eigenvalue weighted by Gasteiger charge is -2.18. The van der Waals surface area contributed by atoms with E-state index in [1.54, 1.807) is 6.92 Å². The number of aliphatic hydroxyl groups is 1. The number of aryl methyl sites for hydroxylation is 1. The van der Waals surface area contributed by atoms with Gasteiger partial charge in [0.2, 0.25) is 11.8 Å². The third-order valence-electron chi connectivity index (χ3n) is 3.41. The van der Waals surface area contributed by atoms with Crippen molar-refractivity contribution in [2.75, 3.05) is 16.2 Å². The van der Waals surface area contributed by atoms with Crippen molar-refractivity contribution < 1.29 is 28.1 Å². The van der Waals surface area contributed by atoms with Crippen LogP contribution in [0.2, 0.25) is 0 Å². The molecular formula is C13H14FN5O5S. The van der Waals surface area contributed by atoms with Crippen molar-refractivity contribution >= 4 is 27.5 Å². The molecule has 0 aliphatic carbocycles. The summed E-state index contributed by atoms with van der Waals surface area (Å²) in [4.78, 5) is 7.63. The summed E-state index contributed by atoms with van der Waals surface area (Å²) < 4.78 is 40.4. The van der Waals surface area contributed by atoms with Crippen LogP contribution >= 0.6 is 0 Å². The molecule has 1 aromatic carbocycles. The number of halogens is 1. The Labute approximate surface area is 141 Å². The van der Waals surface area contributed by atoms with Crippen LogP contribution in [0.5, 0.6) is 11.6 Å². The molecule has 2 heterocycles. The fourth-order valence-electron chi connectivity index (χ4n) is 2.27. The van der Waals surface area contributed by atoms with Gasteiger partial charge in [0.25, 0.3) is 0 Å². The first-order chi connectivity index (χ1) is 11.7. The molecular weight excluding hydrogens is 357 g/mol. The molecule has 10 nitrogen and oxygen atoms in total. The standard InChI is InChI=1S/C13H14FN5O5S/c1-6-4-15-13(17-12(6)22)16-7-2-8(14)11(9(20)3-7)19-5-10(21)18-25(19,23)24/h2-4,10,18,20-21H,5H2,1H3,(H2,15,16,17,22). The first-order valence-corrected chi connectivity index (χ1v) is 8.41. The molecule has 5 N–H and O–H groups in total. The minimum absolute atomic E-state index is 0.0344. The van der Waals surface area contributed by atoms with Gasteiger partial charge in [0.15, 0.2) is 5.82 Å². The quantitative estimate of drug-likeness (QED) is 0.508. The van der Waals surface area contributed by atoms with Gasteiger partial charge in [0.05, 0.1) is 6.54 Å². The summed E-state index contributed by atoms with van der Waals surface area (Å²) >= 11 is 0. The van der Waals surface area contributed by atoms with Gasteiger partial charge in [0, 0.05) is 23.5 Å². The van der Waals surface area contributed by atoms with Crippen LogP contribution in [0.3, 0.4) is 0 Å². The number of aliphatic hydroxyl groups excluding tert-OH is 1. The lowest BCUT2D eigenvalue weighted by Crippen LogP contribution is -2.30. The van der Waals surface area contributed by atoms with Gasteiger partial charge >= 0.3 is 10.2 Å². The number of phenols is 1. The molecule has 134 valence electrons. The van der Waals surface area contributed by atoms with Crippen molar-refractivity contribution in [2.24, 2.45) is 0 Å². The fraction of sp³-hybridized carbons (Fsp3) is 0.231. The minimum atomic E-state index is -4.16. The van der Waals surface area contributed by atoms with Gasteiger partial charge in [-0.2, -0.15) is 18.1 Å². The van der Waals surface area contributed by atoms with E-state index in [9.17, 15) is 28.1 Å². The lowest BCUT2D eigenvalue weighted by molar-refractivity contribution is 0.183. The van der Waals surface area contributed by atoms with Crippen LogP contribution in [-0.4, -0.2) is 46.5 Å². The molecule has 1 aliphatic heterocycles. The van der Waals surface area contributed by atoms with Gasteiger partial charge in [-0.05, 0) is 13.0 Å². The van der Waals surface area contributed by atoms with E-state index < -0.39 is 40.2 Å². The molecule has 1 unspecified atom stereocenters. The fourth-order valence-corrected chi connectivity index (χ4v) is 3.57. The summed E-state index contributed by atoms with van der Waals surface area (Å²) in [7, 11) is -4.16. The SMILES string of the molecule is Cc1cnc(Nc2cc(O)c(N3CC(O)NS3(=O)=O)c(F)c2)nc1O. The Bertz CT molecular complexity index is 915. The maximum atomic E-state index is 14.4. The Morgan fingerprint density at radius 3 is 2.68 bits per heavy atom. The predicted octanol–water partition coefficient (Wildman–Crippen LogP) is 0.0517. The Kier molecular flexibility index (Phi) is 4.10. The number of hydrogen-bond acceptors (Lipinski definition) is 8. The molecule has 3 rings (SSSR count). The van der Waals surface area contributed by atoms with Crippen molar-refractivity contribution in [3.05, 3.63) is 29.7 Å². The molecule has 0 bridgehead atoms. The summed E-state index contributed by atoms with van der Waals surface area (Å²) in [5, 5.41) is 31.6. The Morgan fingerprint density at radius 1 is 1.40 bits per heavy atom. The molecule has 1 aliphatic rings. The van der Waals surface area contributed by atoms with Gasteiger partial charge in [-0.3, -0.25) is 0 Å². The zero-order valence-electron chi connectivity index (χ0n) is 12.8. The number of phenolic OH excluding ortho intramolecular Hbond substituents is 1.